The molecule has 0 radical (unpaired) electrons. The van der Waals surface area contributed by atoms with Gasteiger partial charge in [-0.2, -0.15) is 0 Å². The van der Waals surface area contributed by atoms with Crippen LogP contribution in [0.4, 0.5) is 0 Å². The molecule has 0 heteroatoms. The smallest absolute Gasteiger partial charge is 0.0241 e. The van der Waals surface area contributed by atoms with E-state index in [1.54, 1.807) is 0 Å². The van der Waals surface area contributed by atoms with E-state index in [0.717, 1.165) is 29.6 Å². The molecule has 2 rings (SSSR count). The maximum atomic E-state index is 2.51. The summed E-state index contributed by atoms with van der Waals surface area (Å²) in [6.07, 6.45) is 2.98. The quantitative estimate of drug-likeness (QED) is 0.603. The largest absolute Gasteiger partial charge is 0.0622 e. The number of rotatable bonds is 2. The van der Waals surface area contributed by atoms with Gasteiger partial charge in [0.05, 0.1) is 0 Å². The van der Waals surface area contributed by atoms with Crippen LogP contribution in [0.15, 0.2) is 0 Å². The molecule has 0 heterocycles. The lowest BCUT2D eigenvalue weighted by Gasteiger charge is -2.42. The second-order valence-corrected chi connectivity index (χ2v) is 5.95. The van der Waals surface area contributed by atoms with Crippen LogP contribution in [0.1, 0.15) is 47.5 Å². The van der Waals surface area contributed by atoms with Crippen molar-refractivity contribution < 1.29 is 0 Å². The van der Waals surface area contributed by atoms with Gasteiger partial charge in [0.1, 0.15) is 0 Å². The normalized spacial score (nSPS) is 57.0. The van der Waals surface area contributed by atoms with Crippen LogP contribution in [0.5, 0.6) is 0 Å². The molecular formula is C13H24. The third-order valence-corrected chi connectivity index (χ3v) is 5.91. The van der Waals surface area contributed by atoms with Crippen molar-refractivity contribution in [3.63, 3.8) is 0 Å². The van der Waals surface area contributed by atoms with Crippen molar-refractivity contribution in [1.82, 2.24) is 0 Å². The zero-order valence-corrected chi connectivity index (χ0v) is 9.80. The fraction of sp³-hybridized carbons (Fsp3) is 1.00. The van der Waals surface area contributed by atoms with Crippen molar-refractivity contribution in [2.45, 2.75) is 47.5 Å². The summed E-state index contributed by atoms with van der Waals surface area (Å²) in [5.74, 6) is 4.94. The molecule has 0 bridgehead atoms. The van der Waals surface area contributed by atoms with Crippen LogP contribution >= 0.6 is 0 Å². The Balaban J connectivity index is 2.02. The van der Waals surface area contributed by atoms with Gasteiger partial charge in [-0.25, -0.2) is 0 Å². The van der Waals surface area contributed by atoms with Crippen LogP contribution in [-0.4, -0.2) is 0 Å². The van der Waals surface area contributed by atoms with Crippen molar-refractivity contribution in [3.8, 4) is 0 Å². The Hall–Kier alpha value is 0. The van der Waals surface area contributed by atoms with Crippen LogP contribution < -0.4 is 0 Å². The molecule has 0 amide bonds. The molecule has 0 spiro atoms. The highest BCUT2D eigenvalue weighted by Gasteiger charge is 2.60. The highest BCUT2D eigenvalue weighted by atomic mass is 14.6. The van der Waals surface area contributed by atoms with Gasteiger partial charge in [0.15, 0.2) is 0 Å². The first-order chi connectivity index (χ1) is 5.99. The Morgan fingerprint density at radius 1 is 1.08 bits per heavy atom. The lowest BCUT2D eigenvalue weighted by atomic mass is 9.63. The Kier molecular flexibility index (Phi) is 2.02. The molecule has 2 fully saturated rings. The maximum Gasteiger partial charge on any atom is -0.0241 e. The van der Waals surface area contributed by atoms with E-state index in [1.165, 1.54) is 12.8 Å². The van der Waals surface area contributed by atoms with Gasteiger partial charge in [-0.15, -0.1) is 0 Å². The fourth-order valence-corrected chi connectivity index (χ4v) is 3.74. The Morgan fingerprint density at radius 2 is 1.62 bits per heavy atom. The Morgan fingerprint density at radius 3 is 1.85 bits per heavy atom. The van der Waals surface area contributed by atoms with E-state index in [9.17, 15) is 0 Å². The zero-order valence-electron chi connectivity index (χ0n) is 9.80. The minimum atomic E-state index is 0.680. The summed E-state index contributed by atoms with van der Waals surface area (Å²) in [7, 11) is 0. The predicted molar refractivity (Wildman–Crippen MR) is 57.5 cm³/mol. The zero-order chi connectivity index (χ0) is 9.80. The first-order valence-electron chi connectivity index (χ1n) is 5.99. The van der Waals surface area contributed by atoms with Gasteiger partial charge in [0, 0.05) is 0 Å². The number of hydrogen-bond donors (Lipinski definition) is 0. The lowest BCUT2D eigenvalue weighted by molar-refractivity contribution is 0.0758. The lowest BCUT2D eigenvalue weighted by Crippen LogP contribution is -2.34. The molecule has 0 nitrogen and oxygen atoms in total. The summed E-state index contributed by atoms with van der Waals surface area (Å²) in [5, 5.41) is 0. The summed E-state index contributed by atoms with van der Waals surface area (Å²) in [5.41, 5.74) is 0.680. The molecule has 13 heavy (non-hydrogen) atoms. The van der Waals surface area contributed by atoms with Gasteiger partial charge in [-0.05, 0) is 41.4 Å². The van der Waals surface area contributed by atoms with Gasteiger partial charge < -0.3 is 0 Å². The molecule has 2 aliphatic carbocycles. The van der Waals surface area contributed by atoms with Gasteiger partial charge in [-0.1, -0.05) is 41.0 Å². The molecule has 76 valence electrons. The molecular weight excluding hydrogens is 156 g/mol. The molecule has 0 aromatic heterocycles. The summed E-state index contributed by atoms with van der Waals surface area (Å²) >= 11 is 0. The van der Waals surface area contributed by atoms with Crippen molar-refractivity contribution in [2.75, 3.05) is 0 Å². The van der Waals surface area contributed by atoms with Crippen molar-refractivity contribution in [2.24, 2.45) is 35.0 Å². The van der Waals surface area contributed by atoms with Crippen LogP contribution in [0.25, 0.3) is 0 Å². The topological polar surface area (TPSA) is 0 Å². The van der Waals surface area contributed by atoms with Gasteiger partial charge in [0.2, 0.25) is 0 Å². The van der Waals surface area contributed by atoms with Crippen LogP contribution in [0, 0.1) is 35.0 Å². The Bertz CT molecular complexity index is 198. The highest BCUT2D eigenvalue weighted by Crippen LogP contribution is 2.66. The van der Waals surface area contributed by atoms with Gasteiger partial charge in [0.25, 0.3) is 0 Å². The average Bonchev–Trinajstić information content (AvgIpc) is 2.55. The highest BCUT2D eigenvalue weighted by molar-refractivity contribution is 5.08. The third-order valence-electron chi connectivity index (χ3n) is 5.91. The van der Waals surface area contributed by atoms with Crippen LogP contribution in [0.2, 0.25) is 0 Å². The first-order valence-corrected chi connectivity index (χ1v) is 5.99. The summed E-state index contributed by atoms with van der Waals surface area (Å²) in [4.78, 5) is 0. The van der Waals surface area contributed by atoms with Crippen molar-refractivity contribution >= 4 is 0 Å². The van der Waals surface area contributed by atoms with E-state index < -0.39 is 0 Å². The van der Waals surface area contributed by atoms with Gasteiger partial charge in [-0.3, -0.25) is 0 Å². The molecule has 5 atom stereocenters. The Labute approximate surface area is 83.1 Å². The third kappa shape index (κ3) is 1.10. The maximum absolute atomic E-state index is 2.51. The van der Waals surface area contributed by atoms with E-state index >= 15 is 0 Å². The molecule has 0 aromatic carbocycles. The monoisotopic (exact) mass is 180 g/mol. The SMILES string of the molecule is CC1CCC1C(C)C1(C)C(C)C1C. The number of hydrogen-bond acceptors (Lipinski definition) is 0. The minimum absolute atomic E-state index is 0.680. The standard InChI is InChI=1S/C13H24/c1-8-6-7-12(8)11(4)13(5)9(2)10(13)3/h8-12H,6-7H2,1-5H3. The van der Waals surface area contributed by atoms with E-state index in [4.69, 9.17) is 0 Å². The molecule has 2 saturated carbocycles. The van der Waals surface area contributed by atoms with Crippen LogP contribution in [0.3, 0.4) is 0 Å². The summed E-state index contributed by atoms with van der Waals surface area (Å²) in [6, 6.07) is 0. The molecule has 0 aromatic rings. The molecule has 0 saturated heterocycles. The second kappa shape index (κ2) is 2.74. The molecule has 0 N–H and O–H groups in total. The van der Waals surface area contributed by atoms with E-state index in [1.807, 2.05) is 0 Å². The molecule has 0 aliphatic heterocycles. The van der Waals surface area contributed by atoms with E-state index in [2.05, 4.69) is 34.6 Å². The fourth-order valence-electron chi connectivity index (χ4n) is 3.74. The second-order valence-electron chi connectivity index (χ2n) is 5.95. The molecule has 2 aliphatic rings. The predicted octanol–water partition coefficient (Wildman–Crippen LogP) is 3.96. The summed E-state index contributed by atoms with van der Waals surface area (Å²) in [6.45, 7) is 12.3. The van der Waals surface area contributed by atoms with Crippen molar-refractivity contribution in [3.05, 3.63) is 0 Å². The minimum Gasteiger partial charge on any atom is -0.0622 e. The van der Waals surface area contributed by atoms with E-state index in [-0.39, 0.29) is 0 Å². The van der Waals surface area contributed by atoms with Crippen molar-refractivity contribution in [1.29, 1.82) is 0 Å². The van der Waals surface area contributed by atoms with E-state index in [0.29, 0.717) is 5.41 Å². The molecule has 5 unspecified atom stereocenters. The average molecular weight is 180 g/mol. The summed E-state index contributed by atoms with van der Waals surface area (Å²) < 4.78 is 0. The first kappa shape index (κ1) is 9.55. The van der Waals surface area contributed by atoms with Gasteiger partial charge >= 0.3 is 0 Å². The van der Waals surface area contributed by atoms with Crippen LogP contribution in [-0.2, 0) is 0 Å².